The predicted octanol–water partition coefficient (Wildman–Crippen LogP) is 0.532. The molecule has 0 aromatic rings. The Kier molecular flexibility index (Phi) is 2.83. The summed E-state index contributed by atoms with van der Waals surface area (Å²) in [5.41, 5.74) is 1.79. The Morgan fingerprint density at radius 3 is 3.08 bits per heavy atom. The summed E-state index contributed by atoms with van der Waals surface area (Å²) in [7, 11) is 0.858. The van der Waals surface area contributed by atoms with E-state index < -0.39 is 0 Å². The van der Waals surface area contributed by atoms with Crippen LogP contribution in [0.5, 0.6) is 0 Å². The van der Waals surface area contributed by atoms with E-state index in [0.717, 1.165) is 22.3 Å². The average molecular weight is 198 g/mol. The highest BCUT2D eigenvalue weighted by atomic mass is 28.3. The van der Waals surface area contributed by atoms with Crippen molar-refractivity contribution < 1.29 is 4.12 Å². The van der Waals surface area contributed by atoms with Crippen molar-refractivity contribution in [3.8, 4) is 0 Å². The fourth-order valence-corrected chi connectivity index (χ4v) is 4.36. The van der Waals surface area contributed by atoms with E-state index in [1.54, 1.807) is 5.57 Å². The Labute approximate surface area is 80.1 Å². The van der Waals surface area contributed by atoms with Crippen molar-refractivity contribution in [3.05, 3.63) is 11.6 Å². The molecule has 0 heterocycles. The molecule has 0 N–H and O–H groups in total. The van der Waals surface area contributed by atoms with E-state index in [-0.39, 0.29) is 9.76 Å². The van der Waals surface area contributed by atoms with E-state index in [1.807, 2.05) is 0 Å². The van der Waals surface area contributed by atoms with E-state index >= 15 is 0 Å². The lowest BCUT2D eigenvalue weighted by Crippen LogP contribution is -2.00. The topological polar surface area (TPSA) is 9.23 Å². The van der Waals surface area contributed by atoms with Gasteiger partial charge < -0.3 is 4.12 Å². The number of rotatable bonds is 4. The van der Waals surface area contributed by atoms with Gasteiger partial charge in [0.2, 0.25) is 0 Å². The van der Waals surface area contributed by atoms with Crippen molar-refractivity contribution >= 4 is 20.2 Å². The van der Waals surface area contributed by atoms with Gasteiger partial charge in [0.05, 0.1) is 0 Å². The molecule has 0 radical (unpaired) electrons. The molecule has 3 heteroatoms. The van der Waals surface area contributed by atoms with E-state index in [1.165, 1.54) is 31.7 Å². The van der Waals surface area contributed by atoms with Gasteiger partial charge in [-0.1, -0.05) is 11.6 Å². The van der Waals surface area contributed by atoms with Crippen molar-refractivity contribution in [2.45, 2.75) is 31.7 Å². The van der Waals surface area contributed by atoms with Gasteiger partial charge in [0, 0.05) is 0 Å². The van der Waals surface area contributed by atoms with Gasteiger partial charge in [-0.3, -0.25) is 0 Å². The second-order valence-corrected chi connectivity index (χ2v) is 7.53. The molecule has 12 heavy (non-hydrogen) atoms. The summed E-state index contributed by atoms with van der Waals surface area (Å²) in [6, 6.07) is 1.39. The standard InChI is InChI=1S/C9H18OSi2/c11-10-12-4-3-9-6-7-1-2-8(9)5-7/h6-8H,1-5,12H2,11H3. The van der Waals surface area contributed by atoms with Crippen LogP contribution >= 0.6 is 0 Å². The molecular weight excluding hydrogens is 180 g/mol. The molecule has 1 saturated carbocycles. The first-order chi connectivity index (χ1) is 5.90. The molecule has 0 amide bonds. The zero-order chi connectivity index (χ0) is 8.39. The van der Waals surface area contributed by atoms with E-state index in [0.29, 0.717) is 0 Å². The molecule has 2 unspecified atom stereocenters. The number of fused-ring (bicyclic) bond motifs is 2. The largest absolute Gasteiger partial charge is 0.468 e. The van der Waals surface area contributed by atoms with Crippen LogP contribution in [0.3, 0.4) is 0 Å². The lowest BCUT2D eigenvalue weighted by molar-refractivity contribution is 0.622. The normalized spacial score (nSPS) is 33.8. The van der Waals surface area contributed by atoms with E-state index in [2.05, 4.69) is 6.08 Å². The van der Waals surface area contributed by atoms with Crippen LogP contribution in [-0.2, 0) is 4.12 Å². The molecule has 0 saturated heterocycles. The Bertz CT molecular complexity index is 191. The summed E-state index contributed by atoms with van der Waals surface area (Å²) in [4.78, 5) is 0. The summed E-state index contributed by atoms with van der Waals surface area (Å²) in [5.74, 6) is 1.97. The third kappa shape index (κ3) is 1.73. The summed E-state index contributed by atoms with van der Waals surface area (Å²) in [5, 5.41) is 0. The first-order valence-corrected chi connectivity index (χ1v) is 7.49. The first kappa shape index (κ1) is 8.72. The molecule has 2 rings (SSSR count). The second-order valence-electron chi connectivity index (χ2n) is 4.11. The minimum atomic E-state index is -0.107. The highest BCUT2D eigenvalue weighted by Crippen LogP contribution is 2.45. The number of hydrogen-bond donors (Lipinski definition) is 0. The highest BCUT2D eigenvalue weighted by Gasteiger charge is 2.31. The van der Waals surface area contributed by atoms with Crippen molar-refractivity contribution in [1.82, 2.24) is 0 Å². The zero-order valence-electron chi connectivity index (χ0n) is 7.88. The zero-order valence-corrected chi connectivity index (χ0v) is 11.3. The minimum absolute atomic E-state index is 0.107. The smallest absolute Gasteiger partial charge is 0.146 e. The van der Waals surface area contributed by atoms with Crippen molar-refractivity contribution in [3.63, 3.8) is 0 Å². The summed E-state index contributed by atoms with van der Waals surface area (Å²) >= 11 is 0. The fraction of sp³-hybridized carbons (Fsp3) is 0.778. The van der Waals surface area contributed by atoms with Gasteiger partial charge >= 0.3 is 0 Å². The highest BCUT2D eigenvalue weighted by molar-refractivity contribution is 6.34. The number of hydrogen-bond acceptors (Lipinski definition) is 1. The molecule has 2 atom stereocenters. The van der Waals surface area contributed by atoms with E-state index in [9.17, 15) is 0 Å². The monoisotopic (exact) mass is 198 g/mol. The van der Waals surface area contributed by atoms with Gasteiger partial charge in [-0.05, 0) is 43.6 Å². The summed E-state index contributed by atoms with van der Waals surface area (Å²) < 4.78 is 5.33. The third-order valence-electron chi connectivity index (χ3n) is 3.26. The molecule has 1 fully saturated rings. The Morgan fingerprint density at radius 1 is 1.58 bits per heavy atom. The van der Waals surface area contributed by atoms with Crippen molar-refractivity contribution in [2.24, 2.45) is 11.8 Å². The molecule has 68 valence electrons. The van der Waals surface area contributed by atoms with Crippen LogP contribution in [0.2, 0.25) is 6.04 Å². The molecule has 0 spiro atoms. The lowest BCUT2D eigenvalue weighted by Gasteiger charge is -2.12. The molecule has 0 aromatic carbocycles. The van der Waals surface area contributed by atoms with Crippen LogP contribution < -0.4 is 0 Å². The van der Waals surface area contributed by atoms with Crippen molar-refractivity contribution in [2.75, 3.05) is 0 Å². The second kappa shape index (κ2) is 3.89. The first-order valence-electron chi connectivity index (χ1n) is 5.09. The Hall–Kier alpha value is 0.134. The van der Waals surface area contributed by atoms with Crippen LogP contribution in [-0.4, -0.2) is 20.2 Å². The molecular formula is C9H18OSi2. The number of allylic oxidation sites excluding steroid dienone is 2. The Balaban J connectivity index is 1.78. The van der Waals surface area contributed by atoms with E-state index in [4.69, 9.17) is 4.12 Å². The molecule has 1 nitrogen and oxygen atoms in total. The Morgan fingerprint density at radius 2 is 2.50 bits per heavy atom. The van der Waals surface area contributed by atoms with Gasteiger partial charge in [-0.25, -0.2) is 0 Å². The van der Waals surface area contributed by atoms with Crippen LogP contribution in [0.25, 0.3) is 0 Å². The van der Waals surface area contributed by atoms with Crippen LogP contribution in [0.1, 0.15) is 25.7 Å². The quantitative estimate of drug-likeness (QED) is 0.364. The molecule has 2 bridgehead atoms. The lowest BCUT2D eigenvalue weighted by atomic mass is 9.97. The molecule has 2 aliphatic carbocycles. The van der Waals surface area contributed by atoms with Crippen molar-refractivity contribution in [1.29, 1.82) is 0 Å². The summed E-state index contributed by atoms with van der Waals surface area (Å²) in [6.07, 6.45) is 8.38. The summed E-state index contributed by atoms with van der Waals surface area (Å²) in [6.45, 7) is 0. The minimum Gasteiger partial charge on any atom is -0.468 e. The van der Waals surface area contributed by atoms with Crippen LogP contribution in [0, 0.1) is 11.8 Å². The fourth-order valence-electron chi connectivity index (χ4n) is 2.65. The average Bonchev–Trinajstić information content (AvgIpc) is 2.65. The maximum absolute atomic E-state index is 5.33. The molecule has 0 aliphatic heterocycles. The molecule has 2 aliphatic rings. The van der Waals surface area contributed by atoms with Crippen LogP contribution in [0.15, 0.2) is 11.6 Å². The molecule has 0 aromatic heterocycles. The maximum atomic E-state index is 5.33. The SMILES string of the molecule is [SiH3]O[SiH2]CCC1=CC2CCC1C2. The maximum Gasteiger partial charge on any atom is 0.146 e. The predicted molar refractivity (Wildman–Crippen MR) is 57.9 cm³/mol. The third-order valence-corrected chi connectivity index (χ3v) is 5.54. The van der Waals surface area contributed by atoms with Gasteiger partial charge in [-0.2, -0.15) is 0 Å². The van der Waals surface area contributed by atoms with Crippen LogP contribution in [0.4, 0.5) is 0 Å². The van der Waals surface area contributed by atoms with Gasteiger partial charge in [0.1, 0.15) is 20.2 Å². The van der Waals surface area contributed by atoms with Gasteiger partial charge in [0.15, 0.2) is 0 Å². The van der Waals surface area contributed by atoms with Gasteiger partial charge in [-0.15, -0.1) is 0 Å². The van der Waals surface area contributed by atoms with Gasteiger partial charge in [0.25, 0.3) is 0 Å².